The summed E-state index contributed by atoms with van der Waals surface area (Å²) in [6, 6.07) is 11.4. The number of methoxy groups -OCH3 is 1. The third-order valence-corrected chi connectivity index (χ3v) is 3.06. The largest absolute Gasteiger partial charge is 0.497 e. The molecule has 1 heterocycles. The van der Waals surface area contributed by atoms with E-state index in [1.54, 1.807) is 13.3 Å². The molecule has 0 aliphatic carbocycles. The second-order valence-electron chi connectivity index (χ2n) is 4.97. The molecule has 2 aromatic rings. The van der Waals surface area contributed by atoms with Crippen LogP contribution in [0, 0.1) is 0 Å². The van der Waals surface area contributed by atoms with Crippen molar-refractivity contribution in [2.24, 2.45) is 10.7 Å². The topological polar surface area (TPSA) is 75.8 Å². The molecule has 0 bridgehead atoms. The fraction of sp³-hybridized carbons (Fsp3) is 0.250. The highest BCUT2D eigenvalue weighted by atomic mass is 127. The average molecular weight is 427 g/mol. The number of ether oxygens (including phenoxy) is 1. The third-order valence-electron chi connectivity index (χ3n) is 3.06. The molecule has 0 aliphatic heterocycles. The maximum absolute atomic E-state index is 5.90. The van der Waals surface area contributed by atoms with Crippen LogP contribution in [0.15, 0.2) is 47.6 Å². The van der Waals surface area contributed by atoms with Crippen LogP contribution in [0.1, 0.15) is 5.56 Å². The van der Waals surface area contributed by atoms with Crippen molar-refractivity contribution in [3.8, 4) is 5.75 Å². The minimum atomic E-state index is 0. The van der Waals surface area contributed by atoms with E-state index in [1.807, 2.05) is 55.4 Å². The minimum absolute atomic E-state index is 0. The highest BCUT2D eigenvalue weighted by Crippen LogP contribution is 2.15. The number of nitrogens with one attached hydrogen (secondary N) is 1. The summed E-state index contributed by atoms with van der Waals surface area (Å²) < 4.78 is 5.11. The van der Waals surface area contributed by atoms with Gasteiger partial charge in [-0.3, -0.25) is 0 Å². The summed E-state index contributed by atoms with van der Waals surface area (Å²) in [5.74, 6) is 2.07. The predicted molar refractivity (Wildman–Crippen MR) is 106 cm³/mol. The van der Waals surface area contributed by atoms with Gasteiger partial charge >= 0.3 is 0 Å². The number of halogens is 1. The first-order valence-corrected chi connectivity index (χ1v) is 6.92. The van der Waals surface area contributed by atoms with Gasteiger partial charge in [0, 0.05) is 26.0 Å². The molecule has 0 unspecified atom stereocenters. The Bertz CT molecular complexity index is 643. The number of hydrogen-bond acceptors (Lipinski definition) is 4. The first-order valence-electron chi connectivity index (χ1n) is 6.92. The molecule has 0 saturated carbocycles. The molecule has 0 amide bonds. The van der Waals surface area contributed by atoms with E-state index in [-0.39, 0.29) is 24.0 Å². The van der Waals surface area contributed by atoms with Crippen molar-refractivity contribution >= 4 is 41.4 Å². The molecule has 6 nitrogen and oxygen atoms in total. The van der Waals surface area contributed by atoms with Crippen molar-refractivity contribution < 1.29 is 4.74 Å². The molecule has 0 aliphatic rings. The van der Waals surface area contributed by atoms with E-state index in [0.717, 1.165) is 22.8 Å². The Morgan fingerprint density at radius 3 is 2.57 bits per heavy atom. The summed E-state index contributed by atoms with van der Waals surface area (Å²) in [4.78, 5) is 10.6. The number of hydrogen-bond donors (Lipinski definition) is 2. The molecule has 23 heavy (non-hydrogen) atoms. The van der Waals surface area contributed by atoms with Crippen LogP contribution in [0.5, 0.6) is 5.75 Å². The molecule has 3 N–H and O–H groups in total. The van der Waals surface area contributed by atoms with Crippen molar-refractivity contribution in [1.82, 2.24) is 4.98 Å². The number of benzene rings is 1. The first-order chi connectivity index (χ1) is 10.6. The van der Waals surface area contributed by atoms with Gasteiger partial charge in [0.15, 0.2) is 5.96 Å². The van der Waals surface area contributed by atoms with Crippen LogP contribution < -0.4 is 20.7 Å². The summed E-state index contributed by atoms with van der Waals surface area (Å²) in [5, 5.41) is 3.05. The van der Waals surface area contributed by atoms with Gasteiger partial charge in [-0.05, 0) is 42.0 Å². The zero-order valence-corrected chi connectivity index (χ0v) is 15.8. The lowest BCUT2D eigenvalue weighted by Crippen LogP contribution is -2.22. The van der Waals surface area contributed by atoms with E-state index in [0.29, 0.717) is 12.5 Å². The number of guanidine groups is 1. The van der Waals surface area contributed by atoms with Gasteiger partial charge in [-0.15, -0.1) is 24.0 Å². The number of nitrogens with two attached hydrogens (primary N) is 1. The second kappa shape index (κ2) is 9.19. The zero-order chi connectivity index (χ0) is 15.9. The van der Waals surface area contributed by atoms with Gasteiger partial charge < -0.3 is 20.7 Å². The maximum Gasteiger partial charge on any atom is 0.193 e. The quantitative estimate of drug-likeness (QED) is 0.436. The SMILES string of the molecule is COc1ccc(NC(N)=NCc2ccnc(N(C)C)c2)cc1.I. The molecule has 0 fully saturated rings. The fourth-order valence-electron chi connectivity index (χ4n) is 1.84. The monoisotopic (exact) mass is 427 g/mol. The summed E-state index contributed by atoms with van der Waals surface area (Å²) in [5.41, 5.74) is 7.82. The van der Waals surface area contributed by atoms with Crippen LogP contribution >= 0.6 is 24.0 Å². The van der Waals surface area contributed by atoms with E-state index in [4.69, 9.17) is 10.5 Å². The van der Waals surface area contributed by atoms with Crippen molar-refractivity contribution in [2.75, 3.05) is 31.4 Å². The van der Waals surface area contributed by atoms with Crippen molar-refractivity contribution in [3.05, 3.63) is 48.2 Å². The van der Waals surface area contributed by atoms with Crippen LogP contribution in [0.2, 0.25) is 0 Å². The molecular weight excluding hydrogens is 405 g/mol. The van der Waals surface area contributed by atoms with E-state index in [9.17, 15) is 0 Å². The highest BCUT2D eigenvalue weighted by molar-refractivity contribution is 14.0. The molecule has 7 heteroatoms. The molecule has 0 spiro atoms. The zero-order valence-electron chi connectivity index (χ0n) is 13.5. The lowest BCUT2D eigenvalue weighted by atomic mass is 10.2. The predicted octanol–water partition coefficient (Wildman–Crippen LogP) is 2.70. The minimum Gasteiger partial charge on any atom is -0.497 e. The van der Waals surface area contributed by atoms with Crippen LogP contribution in [-0.2, 0) is 6.54 Å². The Morgan fingerprint density at radius 2 is 1.96 bits per heavy atom. The Kier molecular flexibility index (Phi) is 7.60. The number of rotatable bonds is 5. The van der Waals surface area contributed by atoms with Crippen LogP contribution in [-0.4, -0.2) is 32.1 Å². The first kappa shape index (κ1) is 19.0. The Hall–Kier alpha value is -2.03. The Morgan fingerprint density at radius 1 is 1.26 bits per heavy atom. The number of aromatic nitrogens is 1. The summed E-state index contributed by atoms with van der Waals surface area (Å²) in [7, 11) is 5.54. The number of aliphatic imine (C=N–C) groups is 1. The van der Waals surface area contributed by atoms with Crippen molar-refractivity contribution in [2.45, 2.75) is 6.54 Å². The molecule has 0 atom stereocenters. The number of anilines is 2. The van der Waals surface area contributed by atoms with Crippen LogP contribution in [0.25, 0.3) is 0 Å². The summed E-state index contributed by atoms with van der Waals surface area (Å²) >= 11 is 0. The number of pyridine rings is 1. The Balaban J connectivity index is 0.00000264. The smallest absolute Gasteiger partial charge is 0.193 e. The Labute approximate surface area is 153 Å². The molecule has 124 valence electrons. The van der Waals surface area contributed by atoms with Gasteiger partial charge in [0.1, 0.15) is 11.6 Å². The van der Waals surface area contributed by atoms with Gasteiger partial charge in [0.25, 0.3) is 0 Å². The van der Waals surface area contributed by atoms with Gasteiger partial charge in [-0.1, -0.05) is 0 Å². The molecule has 1 aromatic carbocycles. The van der Waals surface area contributed by atoms with Crippen LogP contribution in [0.4, 0.5) is 11.5 Å². The molecule has 2 rings (SSSR count). The molecule has 1 aromatic heterocycles. The lowest BCUT2D eigenvalue weighted by molar-refractivity contribution is 0.415. The van der Waals surface area contributed by atoms with Gasteiger partial charge in [0.05, 0.1) is 13.7 Å². The number of nitrogens with zero attached hydrogens (tertiary/aromatic N) is 3. The van der Waals surface area contributed by atoms with Gasteiger partial charge in [-0.2, -0.15) is 0 Å². The average Bonchev–Trinajstić information content (AvgIpc) is 2.54. The second-order valence-corrected chi connectivity index (χ2v) is 4.97. The highest BCUT2D eigenvalue weighted by Gasteiger charge is 2.00. The molecule has 0 radical (unpaired) electrons. The van der Waals surface area contributed by atoms with Crippen LogP contribution in [0.3, 0.4) is 0 Å². The lowest BCUT2D eigenvalue weighted by Gasteiger charge is -2.11. The van der Waals surface area contributed by atoms with Crippen molar-refractivity contribution in [3.63, 3.8) is 0 Å². The van der Waals surface area contributed by atoms with Gasteiger partial charge in [-0.25, -0.2) is 9.98 Å². The molecular formula is C16H22IN5O. The van der Waals surface area contributed by atoms with E-state index < -0.39 is 0 Å². The normalized spacial score (nSPS) is 10.7. The third kappa shape index (κ3) is 5.93. The van der Waals surface area contributed by atoms with E-state index in [1.165, 1.54) is 0 Å². The van der Waals surface area contributed by atoms with Crippen molar-refractivity contribution in [1.29, 1.82) is 0 Å². The summed E-state index contributed by atoms with van der Waals surface area (Å²) in [6.07, 6.45) is 1.77. The maximum atomic E-state index is 5.90. The van der Waals surface area contributed by atoms with E-state index in [2.05, 4.69) is 15.3 Å². The van der Waals surface area contributed by atoms with E-state index >= 15 is 0 Å². The van der Waals surface area contributed by atoms with Gasteiger partial charge in [0.2, 0.25) is 0 Å². The molecule has 0 saturated heterocycles. The fourth-order valence-corrected chi connectivity index (χ4v) is 1.84. The summed E-state index contributed by atoms with van der Waals surface area (Å²) in [6.45, 7) is 0.498. The standard InChI is InChI=1S/C16H21N5O.HI/c1-21(2)15-10-12(8-9-18-15)11-19-16(17)20-13-4-6-14(22-3)7-5-13;/h4-10H,11H2,1-3H3,(H3,17,19,20);1H.